The number of allylic oxidation sites excluding steroid dienone is 1. The van der Waals surface area contributed by atoms with Gasteiger partial charge >= 0.3 is 0 Å². The van der Waals surface area contributed by atoms with Crippen molar-refractivity contribution in [2.45, 2.75) is 105 Å². The van der Waals surface area contributed by atoms with Gasteiger partial charge < -0.3 is 20.8 Å². The minimum atomic E-state index is -0.381. The highest BCUT2D eigenvalue weighted by Crippen LogP contribution is 2.32. The Labute approximate surface area is 348 Å². The number of aryl methyl sites for hydroxylation is 1. The Morgan fingerprint density at radius 3 is 2.34 bits per heavy atom. The summed E-state index contributed by atoms with van der Waals surface area (Å²) in [4.78, 5) is 29.4. The molecule has 1 aromatic heterocycles. The van der Waals surface area contributed by atoms with Crippen molar-refractivity contribution in [2.75, 3.05) is 52.3 Å². The average molecular weight is 802 g/mol. The van der Waals surface area contributed by atoms with E-state index in [1.165, 1.54) is 56.0 Å². The van der Waals surface area contributed by atoms with Crippen LogP contribution in [0.4, 0.5) is 10.1 Å². The molecule has 0 radical (unpaired) electrons. The summed E-state index contributed by atoms with van der Waals surface area (Å²) in [6, 6.07) is 5.16. The highest BCUT2D eigenvalue weighted by Gasteiger charge is 2.24. The number of amidine groups is 1. The summed E-state index contributed by atoms with van der Waals surface area (Å²) >= 11 is 0. The number of ether oxygens (including phenoxy) is 1. The van der Waals surface area contributed by atoms with Gasteiger partial charge in [-0.1, -0.05) is 91.0 Å². The molecule has 4 rings (SSSR count). The molecule has 0 aliphatic heterocycles. The number of carbonyl (C=O) groups excluding carboxylic acids is 1. The molecule has 2 aliphatic carbocycles. The van der Waals surface area contributed by atoms with E-state index in [-0.39, 0.29) is 29.1 Å². The molecule has 0 saturated heterocycles. The molecular weight excluding hydrogens is 730 g/mol. The normalized spacial score (nSPS) is 15.1. The quantitative estimate of drug-likeness (QED) is 0.0428. The van der Waals surface area contributed by atoms with Gasteiger partial charge in [0.05, 0.1) is 12.3 Å². The van der Waals surface area contributed by atoms with Crippen molar-refractivity contribution in [1.29, 1.82) is 5.41 Å². The lowest BCUT2D eigenvalue weighted by Crippen LogP contribution is -2.30. The number of nitrogens with zero attached hydrogens (tertiary/aromatic N) is 4. The SMILES string of the molecule is C=Cc1cc(C(C)(C)C)cc(F)c1/C=C(COCC)/C(=C\C=N)c1cc(NC(/C=C(\C)CN(CCCCC)CC2CC2)=NC)c(=O)n(C)n1.CC1CCC1.CNC=O. The topological polar surface area (TPSA) is 125 Å². The van der Waals surface area contributed by atoms with Gasteiger partial charge in [-0.2, -0.15) is 5.10 Å². The average Bonchev–Trinajstić information content (AvgIpc) is 4.00. The Balaban J connectivity index is 0.00000114. The number of aliphatic imine (C=N–C) groups is 1. The van der Waals surface area contributed by atoms with Gasteiger partial charge in [-0.05, 0) is 104 Å². The molecule has 1 heterocycles. The monoisotopic (exact) mass is 802 g/mol. The third-order valence-electron chi connectivity index (χ3n) is 10.1. The molecule has 0 bridgehead atoms. The zero-order chi connectivity index (χ0) is 43.3. The van der Waals surface area contributed by atoms with E-state index in [9.17, 15) is 4.79 Å². The number of nitrogens with one attached hydrogen (secondary N) is 3. The number of benzene rings is 1. The number of unbranched alkanes of at least 4 members (excludes halogenated alkanes) is 2. The summed E-state index contributed by atoms with van der Waals surface area (Å²) in [6.07, 6.45) is 19.4. The number of carbonyl (C=O) groups is 1. The number of aromatic nitrogens is 2. The van der Waals surface area contributed by atoms with Gasteiger partial charge in [0.15, 0.2) is 0 Å². The van der Waals surface area contributed by atoms with Crippen LogP contribution in [-0.4, -0.2) is 80.1 Å². The largest absolute Gasteiger partial charge is 0.377 e. The van der Waals surface area contributed by atoms with Crippen LogP contribution in [0.2, 0.25) is 0 Å². The van der Waals surface area contributed by atoms with Crippen LogP contribution in [0, 0.1) is 23.1 Å². The van der Waals surface area contributed by atoms with Gasteiger partial charge in [-0.3, -0.25) is 19.5 Å². The van der Waals surface area contributed by atoms with Crippen LogP contribution in [0.3, 0.4) is 0 Å². The van der Waals surface area contributed by atoms with E-state index in [0.717, 1.165) is 48.8 Å². The fraction of sp³-hybridized carbons (Fsp3) is 0.553. The summed E-state index contributed by atoms with van der Waals surface area (Å²) in [5.41, 5.74) is 4.29. The van der Waals surface area contributed by atoms with E-state index in [4.69, 9.17) is 14.9 Å². The predicted octanol–water partition coefficient (Wildman–Crippen LogP) is 9.47. The van der Waals surface area contributed by atoms with E-state index in [0.29, 0.717) is 46.8 Å². The standard InChI is InChI=1S/C40H57FN6O2.C5H10.C2H5NO/c1-10-13-14-19-47(26-29-15-16-29)25-28(4)20-38(43-8)44-37-24-36(45-46(9)39(37)48)33(17-18-42)31(27-49-12-3)22-34-30(11-2)21-32(23-35(34)41)40(5,6)7;1-5-3-2-4-5;1-3-2-4/h11,17-18,20-24,29,42H,2,10,12-16,19,25-27H2,1,3-9H3,(H,43,44);5H,2-4H2,1H3;2H,1H3,(H,3,4)/b28-20+,31-22+,33-17+,42-18?;;. The molecule has 2 aliphatic rings. The molecule has 1 amide bonds. The molecule has 1 aromatic carbocycles. The summed E-state index contributed by atoms with van der Waals surface area (Å²) in [7, 11) is 4.84. The van der Waals surface area contributed by atoms with Crippen LogP contribution in [-0.2, 0) is 22.0 Å². The van der Waals surface area contributed by atoms with Crippen LogP contribution in [0.5, 0.6) is 0 Å². The smallest absolute Gasteiger partial charge is 0.290 e. The summed E-state index contributed by atoms with van der Waals surface area (Å²) in [5, 5.41) is 18.0. The van der Waals surface area contributed by atoms with Gasteiger partial charge in [-0.25, -0.2) is 9.07 Å². The van der Waals surface area contributed by atoms with Crippen molar-refractivity contribution < 1.29 is 13.9 Å². The van der Waals surface area contributed by atoms with E-state index < -0.39 is 0 Å². The van der Waals surface area contributed by atoms with E-state index in [1.807, 2.05) is 39.8 Å². The number of hydrogen-bond donors (Lipinski definition) is 3. The van der Waals surface area contributed by atoms with Gasteiger partial charge in [0, 0.05) is 58.2 Å². The minimum Gasteiger partial charge on any atom is -0.377 e. The zero-order valence-electron chi connectivity index (χ0n) is 37.1. The highest BCUT2D eigenvalue weighted by molar-refractivity contribution is 6.04. The molecule has 0 unspecified atom stereocenters. The van der Waals surface area contributed by atoms with Crippen molar-refractivity contribution in [3.05, 3.63) is 86.6 Å². The molecule has 0 atom stereocenters. The zero-order valence-corrected chi connectivity index (χ0v) is 37.1. The van der Waals surface area contributed by atoms with Gasteiger partial charge in [0.2, 0.25) is 6.41 Å². The predicted molar refractivity (Wildman–Crippen MR) is 243 cm³/mol. The van der Waals surface area contributed by atoms with Crippen molar-refractivity contribution in [3.63, 3.8) is 0 Å². The summed E-state index contributed by atoms with van der Waals surface area (Å²) in [6.45, 7) is 22.2. The fourth-order valence-corrected chi connectivity index (χ4v) is 6.27. The summed E-state index contributed by atoms with van der Waals surface area (Å²) in [5.74, 6) is 2.05. The molecule has 2 aromatic rings. The maximum atomic E-state index is 15.8. The molecule has 3 N–H and O–H groups in total. The Morgan fingerprint density at radius 2 is 1.84 bits per heavy atom. The molecule has 11 heteroatoms. The number of hydrogen-bond acceptors (Lipinski definition) is 7. The lowest BCUT2D eigenvalue weighted by atomic mass is 9.84. The number of halogens is 1. The maximum absolute atomic E-state index is 15.8. The summed E-state index contributed by atoms with van der Waals surface area (Å²) < 4.78 is 22.9. The Morgan fingerprint density at radius 1 is 1.17 bits per heavy atom. The second kappa shape index (κ2) is 25.8. The van der Waals surface area contributed by atoms with Crippen molar-refractivity contribution >= 4 is 41.9 Å². The second-order valence-corrected chi connectivity index (χ2v) is 16.4. The molecule has 10 nitrogen and oxygen atoms in total. The first-order valence-corrected chi connectivity index (χ1v) is 20.9. The van der Waals surface area contributed by atoms with Crippen LogP contribution in [0.25, 0.3) is 17.7 Å². The molecule has 320 valence electrons. The van der Waals surface area contributed by atoms with Crippen molar-refractivity contribution in [1.82, 2.24) is 20.0 Å². The Kier molecular flexibility index (Phi) is 22.1. The molecular formula is C47H72FN7O3. The molecule has 2 fully saturated rings. The van der Waals surface area contributed by atoms with Gasteiger partial charge in [0.1, 0.15) is 17.3 Å². The lowest BCUT2D eigenvalue weighted by Gasteiger charge is -2.23. The number of anilines is 1. The van der Waals surface area contributed by atoms with Gasteiger partial charge in [-0.15, -0.1) is 0 Å². The first kappa shape index (κ1) is 49.7. The van der Waals surface area contributed by atoms with E-state index in [2.05, 4.69) is 53.0 Å². The minimum absolute atomic E-state index is 0.139. The van der Waals surface area contributed by atoms with Crippen LogP contribution >= 0.6 is 0 Å². The Hall–Kier alpha value is -4.48. The van der Waals surface area contributed by atoms with Crippen molar-refractivity contribution in [3.8, 4) is 0 Å². The first-order chi connectivity index (χ1) is 27.6. The highest BCUT2D eigenvalue weighted by atomic mass is 19.1. The van der Waals surface area contributed by atoms with E-state index >= 15 is 4.39 Å². The first-order valence-electron chi connectivity index (χ1n) is 20.9. The van der Waals surface area contributed by atoms with E-state index in [1.54, 1.807) is 51.5 Å². The van der Waals surface area contributed by atoms with Crippen molar-refractivity contribution in [2.24, 2.45) is 23.9 Å². The maximum Gasteiger partial charge on any atom is 0.290 e. The molecule has 2 saturated carbocycles. The van der Waals surface area contributed by atoms with Crippen LogP contribution in [0.15, 0.2) is 57.9 Å². The lowest BCUT2D eigenvalue weighted by molar-refractivity contribution is -0.109. The second-order valence-electron chi connectivity index (χ2n) is 16.4. The van der Waals surface area contributed by atoms with Gasteiger partial charge in [0.25, 0.3) is 5.56 Å². The van der Waals surface area contributed by atoms with Crippen LogP contribution < -0.4 is 16.2 Å². The Bertz CT molecular complexity index is 1810. The van der Waals surface area contributed by atoms with Crippen LogP contribution in [0.1, 0.15) is 122 Å². The fourth-order valence-electron chi connectivity index (χ4n) is 6.27. The number of rotatable bonds is 19. The number of amides is 1. The molecule has 0 spiro atoms. The third kappa shape index (κ3) is 17.2. The molecule has 58 heavy (non-hydrogen) atoms. The third-order valence-corrected chi connectivity index (χ3v) is 10.1.